The summed E-state index contributed by atoms with van der Waals surface area (Å²) in [6.45, 7) is 1.44. The van der Waals surface area contributed by atoms with Crippen LogP contribution in [0.2, 0.25) is 0 Å². The predicted molar refractivity (Wildman–Crippen MR) is 66.1 cm³/mol. The molecule has 2 aliphatic carbocycles. The van der Waals surface area contributed by atoms with Gasteiger partial charge in [-0.1, -0.05) is 5.10 Å². The van der Waals surface area contributed by atoms with Crippen molar-refractivity contribution in [3.05, 3.63) is 0 Å². The molecule has 0 aromatic carbocycles. The Bertz CT molecular complexity index is 443. The Morgan fingerprint density at radius 2 is 2.11 bits per heavy atom. The minimum absolute atomic E-state index is 0.00691. The monoisotopic (exact) mass is 271 g/mol. The van der Waals surface area contributed by atoms with Crippen molar-refractivity contribution in [2.24, 2.45) is 11.8 Å². The number of halogens is 2. The van der Waals surface area contributed by atoms with E-state index in [4.69, 9.17) is 0 Å². The third kappa shape index (κ3) is 3.01. The normalized spacial score (nSPS) is 25.7. The molecule has 3 rings (SSSR count). The van der Waals surface area contributed by atoms with Gasteiger partial charge in [-0.2, -0.15) is 0 Å². The van der Waals surface area contributed by atoms with Crippen molar-refractivity contribution in [1.29, 1.82) is 0 Å². The van der Waals surface area contributed by atoms with Gasteiger partial charge in [0.05, 0.1) is 0 Å². The minimum atomic E-state index is -2.50. The second kappa shape index (κ2) is 4.68. The summed E-state index contributed by atoms with van der Waals surface area (Å²) in [5.74, 6) is -1.08. The van der Waals surface area contributed by atoms with E-state index in [1.54, 1.807) is 4.68 Å². The molecular formula is C12H19F2N5. The number of alkyl halides is 2. The van der Waals surface area contributed by atoms with Crippen LogP contribution in [0.3, 0.4) is 0 Å². The van der Waals surface area contributed by atoms with E-state index in [1.165, 1.54) is 12.8 Å². The number of tetrazole rings is 1. The number of hydrogen-bond donors (Lipinski definition) is 0. The third-order valence-electron chi connectivity index (χ3n) is 4.02. The lowest BCUT2D eigenvalue weighted by Crippen LogP contribution is -2.25. The standard InChI is InChI=1S/C12H19F2N5/c1-18(7-9-2-3-9)11-15-16-17-19(11)8-10-4-5-12(13,14)6-10/h9-10H,2-8H2,1H3. The average Bonchev–Trinajstić information content (AvgIpc) is 2.91. The first kappa shape index (κ1) is 12.7. The van der Waals surface area contributed by atoms with E-state index in [9.17, 15) is 8.78 Å². The first-order chi connectivity index (χ1) is 9.03. The quantitative estimate of drug-likeness (QED) is 0.821. The van der Waals surface area contributed by atoms with E-state index in [-0.39, 0.29) is 18.8 Å². The molecule has 0 N–H and O–H groups in total. The Kier molecular flexibility index (Phi) is 3.14. The van der Waals surface area contributed by atoms with Crippen LogP contribution in [0.1, 0.15) is 32.1 Å². The van der Waals surface area contributed by atoms with Crippen molar-refractivity contribution in [2.45, 2.75) is 44.6 Å². The van der Waals surface area contributed by atoms with Crippen LogP contribution in [-0.2, 0) is 6.54 Å². The van der Waals surface area contributed by atoms with Crippen molar-refractivity contribution in [3.63, 3.8) is 0 Å². The molecule has 0 aliphatic heterocycles. The summed E-state index contributed by atoms with van der Waals surface area (Å²) in [4.78, 5) is 2.03. The fourth-order valence-electron chi connectivity index (χ4n) is 2.80. The fraction of sp³-hybridized carbons (Fsp3) is 0.917. The van der Waals surface area contributed by atoms with Crippen molar-refractivity contribution in [1.82, 2.24) is 20.2 Å². The summed E-state index contributed by atoms with van der Waals surface area (Å²) in [7, 11) is 1.96. The lowest BCUT2D eigenvalue weighted by Gasteiger charge is -2.18. The highest BCUT2D eigenvalue weighted by Gasteiger charge is 2.39. The smallest absolute Gasteiger partial charge is 0.248 e. The highest BCUT2D eigenvalue weighted by atomic mass is 19.3. The largest absolute Gasteiger partial charge is 0.342 e. The summed E-state index contributed by atoms with van der Waals surface area (Å²) >= 11 is 0. The van der Waals surface area contributed by atoms with Crippen molar-refractivity contribution >= 4 is 5.95 Å². The van der Waals surface area contributed by atoms with Gasteiger partial charge in [-0.3, -0.25) is 0 Å². The van der Waals surface area contributed by atoms with Gasteiger partial charge in [0.25, 0.3) is 0 Å². The molecule has 0 saturated heterocycles. The van der Waals surface area contributed by atoms with Crippen LogP contribution in [0.4, 0.5) is 14.7 Å². The molecule has 1 aromatic heterocycles. The highest BCUT2D eigenvalue weighted by Crippen LogP contribution is 2.39. The van der Waals surface area contributed by atoms with E-state index in [0.29, 0.717) is 18.9 Å². The van der Waals surface area contributed by atoms with Gasteiger partial charge in [0.1, 0.15) is 0 Å². The molecule has 7 heteroatoms. The number of hydrogen-bond acceptors (Lipinski definition) is 4. The minimum Gasteiger partial charge on any atom is -0.342 e. The van der Waals surface area contributed by atoms with Gasteiger partial charge in [-0.05, 0) is 41.5 Å². The molecule has 1 aromatic rings. The summed E-state index contributed by atoms with van der Waals surface area (Å²) < 4.78 is 28.1. The van der Waals surface area contributed by atoms with Crippen LogP contribution in [0.5, 0.6) is 0 Å². The molecule has 5 nitrogen and oxygen atoms in total. The summed E-state index contributed by atoms with van der Waals surface area (Å²) in [5, 5.41) is 11.6. The predicted octanol–water partition coefficient (Wildman–Crippen LogP) is 1.95. The topological polar surface area (TPSA) is 46.8 Å². The van der Waals surface area contributed by atoms with Gasteiger partial charge in [-0.15, -0.1) is 0 Å². The summed E-state index contributed by atoms with van der Waals surface area (Å²) in [6, 6.07) is 0. The van der Waals surface area contributed by atoms with Gasteiger partial charge in [0.2, 0.25) is 11.9 Å². The van der Waals surface area contributed by atoms with Crippen LogP contribution >= 0.6 is 0 Å². The summed E-state index contributed by atoms with van der Waals surface area (Å²) in [6.07, 6.45) is 3.03. The zero-order chi connectivity index (χ0) is 13.5. The van der Waals surface area contributed by atoms with Crippen molar-refractivity contribution < 1.29 is 8.78 Å². The molecular weight excluding hydrogens is 252 g/mol. The SMILES string of the molecule is CN(CC1CC1)c1nnnn1CC1CCC(F)(F)C1. The first-order valence-corrected chi connectivity index (χ1v) is 6.89. The van der Waals surface area contributed by atoms with Gasteiger partial charge in [0, 0.05) is 33.0 Å². The number of rotatable bonds is 5. The molecule has 19 heavy (non-hydrogen) atoms. The molecule has 1 heterocycles. The number of aromatic nitrogens is 4. The lowest BCUT2D eigenvalue weighted by atomic mass is 10.1. The lowest BCUT2D eigenvalue weighted by molar-refractivity contribution is 0.00422. The molecule has 0 spiro atoms. The number of anilines is 1. The Morgan fingerprint density at radius 3 is 2.74 bits per heavy atom. The van der Waals surface area contributed by atoms with Crippen LogP contribution in [0.25, 0.3) is 0 Å². The van der Waals surface area contributed by atoms with Gasteiger partial charge in [-0.25, -0.2) is 13.5 Å². The highest BCUT2D eigenvalue weighted by molar-refractivity contribution is 5.26. The Labute approximate surface area is 111 Å². The van der Waals surface area contributed by atoms with Gasteiger partial charge in [0.15, 0.2) is 0 Å². The molecule has 1 unspecified atom stereocenters. The molecule has 0 amide bonds. The fourth-order valence-corrected chi connectivity index (χ4v) is 2.80. The average molecular weight is 271 g/mol. The van der Waals surface area contributed by atoms with E-state index in [1.807, 2.05) is 11.9 Å². The molecule has 2 fully saturated rings. The van der Waals surface area contributed by atoms with E-state index >= 15 is 0 Å². The van der Waals surface area contributed by atoms with Crippen LogP contribution < -0.4 is 4.90 Å². The Balaban J connectivity index is 1.63. The Morgan fingerprint density at radius 1 is 1.32 bits per heavy atom. The van der Waals surface area contributed by atoms with Crippen LogP contribution in [0, 0.1) is 11.8 Å². The van der Waals surface area contributed by atoms with E-state index in [2.05, 4.69) is 15.5 Å². The van der Waals surface area contributed by atoms with Crippen molar-refractivity contribution in [2.75, 3.05) is 18.5 Å². The first-order valence-electron chi connectivity index (χ1n) is 6.89. The van der Waals surface area contributed by atoms with Gasteiger partial charge < -0.3 is 4.90 Å². The zero-order valence-electron chi connectivity index (χ0n) is 11.1. The number of nitrogens with zero attached hydrogens (tertiary/aromatic N) is 5. The van der Waals surface area contributed by atoms with Crippen LogP contribution in [0.15, 0.2) is 0 Å². The second-order valence-corrected chi connectivity index (χ2v) is 5.95. The maximum absolute atomic E-state index is 13.2. The summed E-state index contributed by atoms with van der Waals surface area (Å²) in [5.41, 5.74) is 0. The maximum atomic E-state index is 13.2. The van der Waals surface area contributed by atoms with E-state index in [0.717, 1.165) is 12.5 Å². The van der Waals surface area contributed by atoms with Gasteiger partial charge >= 0.3 is 0 Å². The second-order valence-electron chi connectivity index (χ2n) is 5.95. The third-order valence-corrected chi connectivity index (χ3v) is 4.02. The zero-order valence-corrected chi connectivity index (χ0v) is 11.1. The maximum Gasteiger partial charge on any atom is 0.248 e. The Hall–Kier alpha value is -1.27. The molecule has 2 saturated carbocycles. The molecule has 2 aliphatic rings. The van der Waals surface area contributed by atoms with Crippen LogP contribution in [-0.4, -0.2) is 39.7 Å². The van der Waals surface area contributed by atoms with E-state index < -0.39 is 5.92 Å². The molecule has 1 atom stereocenters. The van der Waals surface area contributed by atoms with Crippen molar-refractivity contribution in [3.8, 4) is 0 Å². The molecule has 0 radical (unpaired) electrons. The molecule has 106 valence electrons. The molecule has 0 bridgehead atoms.